The van der Waals surface area contributed by atoms with E-state index >= 15 is 0 Å². The van der Waals surface area contributed by atoms with Gasteiger partial charge in [0.15, 0.2) is 0 Å². The van der Waals surface area contributed by atoms with Crippen LogP contribution in [0, 0.1) is 0 Å². The van der Waals surface area contributed by atoms with Crippen LogP contribution >= 0.6 is 0 Å². The Balaban J connectivity index is 1.53. The molecule has 0 aliphatic rings. The molecule has 0 aromatic carbocycles. The van der Waals surface area contributed by atoms with Gasteiger partial charge in [0.2, 0.25) is 0 Å². The maximum absolute atomic E-state index is 4.71. The Labute approximate surface area is 224 Å². The fourth-order valence-electron chi connectivity index (χ4n) is 5.08. The van der Waals surface area contributed by atoms with E-state index in [9.17, 15) is 0 Å². The third kappa shape index (κ3) is 14.8. The average Bonchev–Trinajstić information content (AvgIpc) is 2.91. The van der Waals surface area contributed by atoms with Crippen LogP contribution in [0.25, 0.3) is 11.4 Å². The highest BCUT2D eigenvalue weighted by Crippen LogP contribution is 2.18. The number of pyridine rings is 2. The molecule has 2 heterocycles. The van der Waals surface area contributed by atoms with Crippen molar-refractivity contribution in [2.24, 2.45) is 0 Å². The van der Waals surface area contributed by atoms with Gasteiger partial charge in [-0.25, -0.2) is 0 Å². The van der Waals surface area contributed by atoms with Crippen LogP contribution in [-0.4, -0.2) is 9.97 Å². The van der Waals surface area contributed by atoms with Gasteiger partial charge in [0, 0.05) is 12.4 Å². The second-order valence-corrected chi connectivity index (χ2v) is 11.0. The average molecular weight is 493 g/mol. The van der Waals surface area contributed by atoms with Crippen LogP contribution in [0.2, 0.25) is 0 Å². The molecule has 2 aromatic heterocycles. The Morgan fingerprint density at radius 3 is 0.972 bits per heavy atom. The van der Waals surface area contributed by atoms with Crippen molar-refractivity contribution in [1.82, 2.24) is 9.97 Å². The molecule has 0 amide bonds. The lowest BCUT2D eigenvalue weighted by atomic mass is 10.0. The van der Waals surface area contributed by atoms with Gasteiger partial charge in [-0.2, -0.15) is 0 Å². The molecule has 0 atom stereocenters. The minimum Gasteiger partial charge on any atom is -0.254 e. The van der Waals surface area contributed by atoms with Crippen LogP contribution in [0.1, 0.15) is 153 Å². The number of hydrogen-bond acceptors (Lipinski definition) is 2. The lowest BCUT2D eigenvalue weighted by molar-refractivity contribution is 0.556. The Hall–Kier alpha value is -1.70. The molecule has 0 aliphatic heterocycles. The maximum Gasteiger partial charge on any atom is 0.0886 e. The van der Waals surface area contributed by atoms with Gasteiger partial charge in [-0.15, -0.1) is 0 Å². The Morgan fingerprint density at radius 1 is 0.389 bits per heavy atom. The third-order valence-electron chi connectivity index (χ3n) is 7.55. The van der Waals surface area contributed by atoms with Crippen molar-refractivity contribution < 1.29 is 0 Å². The summed E-state index contributed by atoms with van der Waals surface area (Å²) in [5.74, 6) is 0. The first-order valence-corrected chi connectivity index (χ1v) is 15.7. The molecule has 2 nitrogen and oxygen atoms in total. The van der Waals surface area contributed by atoms with E-state index in [1.54, 1.807) is 0 Å². The molecular formula is C34H56N2. The topological polar surface area (TPSA) is 25.8 Å². The van der Waals surface area contributed by atoms with Crippen molar-refractivity contribution in [3.05, 3.63) is 47.8 Å². The second-order valence-electron chi connectivity index (χ2n) is 11.0. The largest absolute Gasteiger partial charge is 0.254 e. The smallest absolute Gasteiger partial charge is 0.0886 e. The molecule has 0 saturated heterocycles. The molecule has 2 aromatic rings. The molecule has 0 fully saturated rings. The summed E-state index contributed by atoms with van der Waals surface area (Å²) in [6.45, 7) is 4.58. The molecule has 36 heavy (non-hydrogen) atoms. The molecule has 0 bridgehead atoms. The molecule has 0 aliphatic carbocycles. The Bertz CT molecular complexity index is 669. The van der Waals surface area contributed by atoms with E-state index in [2.05, 4.69) is 50.5 Å². The van der Waals surface area contributed by atoms with Gasteiger partial charge >= 0.3 is 0 Å². The first-order valence-electron chi connectivity index (χ1n) is 15.7. The molecule has 0 spiro atoms. The quantitative estimate of drug-likeness (QED) is 0.144. The predicted octanol–water partition coefficient (Wildman–Crippen LogP) is 11.1. The second kappa shape index (κ2) is 21.4. The van der Waals surface area contributed by atoms with E-state index in [0.717, 1.165) is 24.2 Å². The molecule has 0 unspecified atom stereocenters. The van der Waals surface area contributed by atoms with Crippen molar-refractivity contribution in [2.75, 3.05) is 0 Å². The summed E-state index contributed by atoms with van der Waals surface area (Å²) < 4.78 is 0. The summed E-state index contributed by atoms with van der Waals surface area (Å²) in [5.41, 5.74) is 4.70. The van der Waals surface area contributed by atoms with Crippen molar-refractivity contribution in [2.45, 2.75) is 155 Å². The van der Waals surface area contributed by atoms with Gasteiger partial charge < -0.3 is 0 Å². The highest BCUT2D eigenvalue weighted by atomic mass is 14.8. The number of aromatic nitrogens is 2. The van der Waals surface area contributed by atoms with Crippen LogP contribution in [0.3, 0.4) is 0 Å². The van der Waals surface area contributed by atoms with E-state index in [1.165, 1.54) is 140 Å². The Kier molecular flexibility index (Phi) is 18.1. The number of aryl methyl sites for hydroxylation is 2. The summed E-state index contributed by atoms with van der Waals surface area (Å²) in [4.78, 5) is 9.41. The van der Waals surface area contributed by atoms with Gasteiger partial charge in [0.05, 0.1) is 11.4 Å². The summed E-state index contributed by atoms with van der Waals surface area (Å²) in [5, 5.41) is 0. The van der Waals surface area contributed by atoms with Gasteiger partial charge in [-0.1, -0.05) is 142 Å². The van der Waals surface area contributed by atoms with Crippen LogP contribution in [0.4, 0.5) is 0 Å². The summed E-state index contributed by atoms with van der Waals surface area (Å²) >= 11 is 0. The normalized spacial score (nSPS) is 11.3. The summed E-state index contributed by atoms with van der Waals surface area (Å²) in [6.07, 6.45) is 34.2. The number of rotatable bonds is 23. The number of unbranched alkanes of at least 4 members (excludes halogenated alkanes) is 18. The van der Waals surface area contributed by atoms with E-state index in [0.29, 0.717) is 0 Å². The number of hydrogen-bond donors (Lipinski definition) is 0. The fourth-order valence-corrected chi connectivity index (χ4v) is 5.08. The Morgan fingerprint density at radius 2 is 0.694 bits per heavy atom. The van der Waals surface area contributed by atoms with Crippen LogP contribution in [0.5, 0.6) is 0 Å². The van der Waals surface area contributed by atoms with Crippen molar-refractivity contribution in [3.63, 3.8) is 0 Å². The van der Waals surface area contributed by atoms with Crippen molar-refractivity contribution in [1.29, 1.82) is 0 Å². The lowest BCUT2D eigenvalue weighted by Gasteiger charge is -2.06. The molecule has 0 radical (unpaired) electrons. The molecule has 202 valence electrons. The SMILES string of the molecule is CCCCCCCCCCCCc1ccc(-c2ccc(CCCCCCCCCCCC)cn2)nc1. The first-order chi connectivity index (χ1) is 17.8. The highest BCUT2D eigenvalue weighted by Gasteiger charge is 2.03. The molecule has 0 saturated carbocycles. The van der Waals surface area contributed by atoms with E-state index < -0.39 is 0 Å². The summed E-state index contributed by atoms with van der Waals surface area (Å²) in [7, 11) is 0. The molecule has 2 heteroatoms. The lowest BCUT2D eigenvalue weighted by Crippen LogP contribution is -1.93. The highest BCUT2D eigenvalue weighted by molar-refractivity contribution is 5.54. The first kappa shape index (κ1) is 30.5. The minimum atomic E-state index is 0.993. The zero-order chi connectivity index (χ0) is 25.5. The summed E-state index contributed by atoms with van der Waals surface area (Å²) in [6, 6.07) is 8.79. The number of nitrogens with zero attached hydrogens (tertiary/aromatic N) is 2. The van der Waals surface area contributed by atoms with Gasteiger partial charge in [-0.05, 0) is 48.9 Å². The maximum atomic E-state index is 4.71. The van der Waals surface area contributed by atoms with Gasteiger partial charge in [-0.3, -0.25) is 9.97 Å². The van der Waals surface area contributed by atoms with Crippen LogP contribution < -0.4 is 0 Å². The van der Waals surface area contributed by atoms with E-state index in [4.69, 9.17) is 9.97 Å². The van der Waals surface area contributed by atoms with Crippen molar-refractivity contribution >= 4 is 0 Å². The fraction of sp³-hybridized carbons (Fsp3) is 0.706. The minimum absolute atomic E-state index is 0.993. The van der Waals surface area contributed by atoms with Gasteiger partial charge in [0.1, 0.15) is 0 Å². The molecule has 2 rings (SSSR count). The van der Waals surface area contributed by atoms with Crippen LogP contribution in [0.15, 0.2) is 36.7 Å². The monoisotopic (exact) mass is 492 g/mol. The zero-order valence-corrected chi connectivity index (χ0v) is 23.9. The molecule has 0 N–H and O–H groups in total. The standard InChI is InChI=1S/C34H56N2/c1-3-5-7-9-11-13-15-17-19-21-23-31-25-27-33(35-29-31)34-28-26-32(30-36-34)24-22-20-18-16-14-12-10-8-6-4-2/h25-30H,3-24H2,1-2H3. The van der Waals surface area contributed by atoms with Crippen LogP contribution in [-0.2, 0) is 12.8 Å². The van der Waals surface area contributed by atoms with E-state index in [1.807, 2.05) is 0 Å². The molecular weight excluding hydrogens is 436 g/mol. The van der Waals surface area contributed by atoms with Gasteiger partial charge in [0.25, 0.3) is 0 Å². The van der Waals surface area contributed by atoms with E-state index in [-0.39, 0.29) is 0 Å². The zero-order valence-electron chi connectivity index (χ0n) is 23.9. The third-order valence-corrected chi connectivity index (χ3v) is 7.55. The predicted molar refractivity (Wildman–Crippen MR) is 159 cm³/mol. The van der Waals surface area contributed by atoms with Crippen molar-refractivity contribution in [3.8, 4) is 11.4 Å².